The van der Waals surface area contributed by atoms with Gasteiger partial charge in [-0.05, 0) is 44.3 Å². The van der Waals surface area contributed by atoms with Gasteiger partial charge in [-0.1, -0.05) is 101 Å². The van der Waals surface area contributed by atoms with Crippen molar-refractivity contribution in [1.29, 1.82) is 0 Å². The average Bonchev–Trinajstić information content (AvgIpc) is 2.56. The molecule has 0 nitrogen and oxygen atoms in total. The van der Waals surface area contributed by atoms with Crippen molar-refractivity contribution in [3.05, 3.63) is 0 Å². The Labute approximate surface area is 145 Å². The highest BCUT2D eigenvalue weighted by Gasteiger charge is 2.27. The second kappa shape index (κ2) is 12.1. The molecule has 2 aliphatic carbocycles. The zero-order chi connectivity index (χ0) is 15.5. The molecular formula is C20H38ClP. The molecule has 2 aliphatic rings. The van der Waals surface area contributed by atoms with E-state index in [4.69, 9.17) is 11.2 Å². The Bertz CT molecular complexity index is 222. The molecule has 0 N–H and O–H groups in total. The first-order valence-corrected chi connectivity index (χ1v) is 12.7. The third kappa shape index (κ3) is 7.53. The van der Waals surface area contributed by atoms with Gasteiger partial charge in [-0.3, -0.25) is 0 Å². The van der Waals surface area contributed by atoms with Gasteiger partial charge in [0.1, 0.15) is 0 Å². The van der Waals surface area contributed by atoms with Crippen LogP contribution in [0.5, 0.6) is 0 Å². The van der Waals surface area contributed by atoms with E-state index in [1.165, 1.54) is 116 Å². The number of hydrogen-bond acceptors (Lipinski definition) is 0. The fourth-order valence-corrected chi connectivity index (χ4v) is 7.85. The highest BCUT2D eigenvalue weighted by Crippen LogP contribution is 2.57. The van der Waals surface area contributed by atoms with Crippen LogP contribution in [0.3, 0.4) is 0 Å². The molecule has 0 saturated heterocycles. The van der Waals surface area contributed by atoms with E-state index in [2.05, 4.69) is 0 Å². The maximum atomic E-state index is 7.14. The van der Waals surface area contributed by atoms with Crippen LogP contribution in [0.15, 0.2) is 0 Å². The van der Waals surface area contributed by atoms with Crippen molar-refractivity contribution in [1.82, 2.24) is 0 Å². The molecule has 2 fully saturated rings. The van der Waals surface area contributed by atoms with Gasteiger partial charge in [-0.2, -0.15) is 0 Å². The SMILES string of the molecule is ClP(C1CCCCCCCCC1)C1CCCCCCCCC1. The minimum absolute atomic E-state index is 0.243. The van der Waals surface area contributed by atoms with Crippen LogP contribution < -0.4 is 0 Å². The summed E-state index contributed by atoms with van der Waals surface area (Å²) in [6, 6.07) is 0. The fourth-order valence-electron chi connectivity index (χ4n) is 4.37. The zero-order valence-corrected chi connectivity index (χ0v) is 16.4. The van der Waals surface area contributed by atoms with Crippen molar-refractivity contribution in [2.45, 2.75) is 127 Å². The van der Waals surface area contributed by atoms with Crippen LogP contribution in [0.25, 0.3) is 0 Å². The third-order valence-electron chi connectivity index (χ3n) is 5.85. The second-order valence-corrected chi connectivity index (χ2v) is 11.1. The largest absolute Gasteiger partial charge is 0.0958 e. The Hall–Kier alpha value is 0.720. The molecule has 0 heterocycles. The molecule has 0 aromatic heterocycles. The normalized spacial score (nSPS) is 25.9. The monoisotopic (exact) mass is 344 g/mol. The summed E-state index contributed by atoms with van der Waals surface area (Å²) in [5.41, 5.74) is 1.76. The summed E-state index contributed by atoms with van der Waals surface area (Å²) in [4.78, 5) is 0. The van der Waals surface area contributed by atoms with E-state index in [-0.39, 0.29) is 7.27 Å². The molecule has 0 atom stereocenters. The lowest BCUT2D eigenvalue weighted by Crippen LogP contribution is -2.14. The van der Waals surface area contributed by atoms with E-state index in [0.717, 1.165) is 11.3 Å². The van der Waals surface area contributed by atoms with Gasteiger partial charge >= 0.3 is 0 Å². The van der Waals surface area contributed by atoms with Gasteiger partial charge in [0.15, 0.2) is 0 Å². The molecule has 0 radical (unpaired) electrons. The van der Waals surface area contributed by atoms with E-state index < -0.39 is 0 Å². The molecule has 2 saturated carbocycles. The summed E-state index contributed by atoms with van der Waals surface area (Å²) in [5, 5.41) is 0. The average molecular weight is 345 g/mol. The summed E-state index contributed by atoms with van der Waals surface area (Å²) < 4.78 is 0. The van der Waals surface area contributed by atoms with Crippen LogP contribution in [0.1, 0.15) is 116 Å². The Balaban J connectivity index is 1.84. The summed E-state index contributed by atoms with van der Waals surface area (Å²) in [5.74, 6) is 0. The van der Waals surface area contributed by atoms with Crippen molar-refractivity contribution in [3.8, 4) is 0 Å². The number of rotatable bonds is 2. The lowest BCUT2D eigenvalue weighted by Gasteiger charge is -2.31. The van der Waals surface area contributed by atoms with Crippen LogP contribution in [0.2, 0.25) is 0 Å². The minimum Gasteiger partial charge on any atom is -0.0958 e. The number of hydrogen-bond donors (Lipinski definition) is 0. The molecular weight excluding hydrogens is 307 g/mol. The smallest absolute Gasteiger partial charge is 0.00339 e. The first-order valence-electron chi connectivity index (χ1n) is 10.3. The fraction of sp³-hybridized carbons (Fsp3) is 1.00. The van der Waals surface area contributed by atoms with Crippen LogP contribution in [0.4, 0.5) is 0 Å². The molecule has 0 aliphatic heterocycles. The summed E-state index contributed by atoms with van der Waals surface area (Å²) in [6.45, 7) is 0. The highest BCUT2D eigenvalue weighted by atomic mass is 35.7. The van der Waals surface area contributed by atoms with Crippen molar-refractivity contribution in [2.24, 2.45) is 0 Å². The second-order valence-electron chi connectivity index (χ2n) is 7.76. The summed E-state index contributed by atoms with van der Waals surface area (Å²) >= 11 is 7.14. The van der Waals surface area contributed by atoms with Crippen molar-refractivity contribution in [2.75, 3.05) is 0 Å². The molecule has 0 unspecified atom stereocenters. The first-order chi connectivity index (χ1) is 10.9. The molecule has 0 amide bonds. The molecule has 0 aromatic rings. The van der Waals surface area contributed by atoms with E-state index in [1.807, 2.05) is 0 Å². The van der Waals surface area contributed by atoms with Gasteiger partial charge in [-0.15, -0.1) is 0 Å². The Morgan fingerprint density at radius 1 is 0.409 bits per heavy atom. The van der Waals surface area contributed by atoms with E-state index in [9.17, 15) is 0 Å². The van der Waals surface area contributed by atoms with Crippen LogP contribution in [-0.2, 0) is 0 Å². The Kier molecular flexibility index (Phi) is 10.5. The maximum absolute atomic E-state index is 7.14. The summed E-state index contributed by atoms with van der Waals surface area (Å²) in [6.07, 6.45) is 26.2. The van der Waals surface area contributed by atoms with Gasteiger partial charge in [0.2, 0.25) is 0 Å². The lowest BCUT2D eigenvalue weighted by molar-refractivity contribution is 0.494. The van der Waals surface area contributed by atoms with Crippen LogP contribution >= 0.6 is 18.5 Å². The van der Waals surface area contributed by atoms with Gasteiger partial charge in [0.25, 0.3) is 0 Å². The molecule has 0 bridgehead atoms. The van der Waals surface area contributed by atoms with Crippen molar-refractivity contribution >= 4 is 18.5 Å². The Morgan fingerprint density at radius 2 is 0.636 bits per heavy atom. The minimum atomic E-state index is -0.243. The van der Waals surface area contributed by atoms with Gasteiger partial charge in [0.05, 0.1) is 0 Å². The van der Waals surface area contributed by atoms with Gasteiger partial charge < -0.3 is 0 Å². The van der Waals surface area contributed by atoms with E-state index in [1.54, 1.807) is 0 Å². The van der Waals surface area contributed by atoms with Crippen molar-refractivity contribution < 1.29 is 0 Å². The third-order valence-corrected chi connectivity index (χ3v) is 9.93. The lowest BCUT2D eigenvalue weighted by atomic mass is 10.0. The van der Waals surface area contributed by atoms with Crippen LogP contribution in [-0.4, -0.2) is 11.3 Å². The Morgan fingerprint density at radius 3 is 0.909 bits per heavy atom. The number of halogens is 1. The van der Waals surface area contributed by atoms with Crippen LogP contribution in [0, 0.1) is 0 Å². The topological polar surface area (TPSA) is 0 Å². The predicted molar refractivity (Wildman–Crippen MR) is 103 cm³/mol. The van der Waals surface area contributed by atoms with Crippen molar-refractivity contribution in [3.63, 3.8) is 0 Å². The van der Waals surface area contributed by atoms with Gasteiger partial charge in [-0.25, -0.2) is 0 Å². The standard InChI is InChI=1S/C20H38ClP/c21-22(19-15-11-7-3-1-4-8-12-16-19)20-17-13-9-5-2-6-10-14-18-20/h19-20H,1-18H2. The van der Waals surface area contributed by atoms with Gasteiger partial charge in [0, 0.05) is 0 Å². The van der Waals surface area contributed by atoms with E-state index in [0.29, 0.717) is 0 Å². The molecule has 0 aromatic carbocycles. The molecule has 130 valence electrons. The highest BCUT2D eigenvalue weighted by molar-refractivity contribution is 7.85. The zero-order valence-electron chi connectivity index (χ0n) is 14.7. The van der Waals surface area contributed by atoms with E-state index >= 15 is 0 Å². The maximum Gasteiger partial charge on any atom is -0.00339 e. The molecule has 2 heteroatoms. The first kappa shape index (κ1) is 19.1. The molecule has 22 heavy (non-hydrogen) atoms. The summed E-state index contributed by atoms with van der Waals surface area (Å²) in [7, 11) is -0.243. The predicted octanol–water partition coefficient (Wildman–Crippen LogP) is 8.41. The molecule has 2 rings (SSSR count). The molecule has 0 spiro atoms. The quantitative estimate of drug-likeness (QED) is 0.441.